The van der Waals surface area contributed by atoms with Gasteiger partial charge >= 0.3 is 12.3 Å². The molecule has 0 aromatic heterocycles. The van der Waals surface area contributed by atoms with E-state index in [4.69, 9.17) is 0 Å². The van der Waals surface area contributed by atoms with Crippen molar-refractivity contribution >= 4 is 0 Å². The van der Waals surface area contributed by atoms with Crippen LogP contribution in [0.5, 0.6) is 0 Å². The molecule has 1 N–H and O–H groups in total. The Morgan fingerprint density at radius 2 is 1.89 bits per heavy atom. The van der Waals surface area contributed by atoms with Gasteiger partial charge in [0.2, 0.25) is 0 Å². The molecule has 18 heavy (non-hydrogen) atoms. The largest absolute Gasteiger partial charge is 0.319 e. The number of rotatable bonds is 5. The number of halogens is 5. The highest BCUT2D eigenvalue weighted by Gasteiger charge is 2.40. The summed E-state index contributed by atoms with van der Waals surface area (Å²) < 4.78 is 62.5. The second kappa shape index (κ2) is 5.65. The van der Waals surface area contributed by atoms with Crippen molar-refractivity contribution in [2.24, 2.45) is 0 Å². The highest BCUT2D eigenvalue weighted by molar-refractivity contribution is 5.25. The van der Waals surface area contributed by atoms with Gasteiger partial charge in [0.25, 0.3) is 0 Å². The van der Waals surface area contributed by atoms with Gasteiger partial charge in [0.15, 0.2) is 0 Å². The van der Waals surface area contributed by atoms with Gasteiger partial charge in [0.05, 0.1) is 6.54 Å². The molecule has 102 valence electrons. The lowest BCUT2D eigenvalue weighted by molar-refractivity contribution is -0.126. The molecule has 0 heterocycles. The number of alkyl halides is 4. The molecule has 1 aromatic carbocycles. The smallest absolute Gasteiger partial charge is 0.304 e. The van der Waals surface area contributed by atoms with E-state index < -0.39 is 30.8 Å². The summed E-state index contributed by atoms with van der Waals surface area (Å²) in [6, 6.07) is 3.64. The van der Waals surface area contributed by atoms with Crippen LogP contribution in [0, 0.1) is 12.7 Å². The SMILES string of the molecule is Cc1ccc(C(C)NCC(F)(F)C(F)F)cc1F. The minimum absolute atomic E-state index is 0.433. The lowest BCUT2D eigenvalue weighted by atomic mass is 10.1. The summed E-state index contributed by atoms with van der Waals surface area (Å²) in [5.41, 5.74) is 0.868. The molecule has 0 aliphatic rings. The van der Waals surface area contributed by atoms with E-state index in [0.29, 0.717) is 11.1 Å². The molecule has 0 saturated heterocycles. The van der Waals surface area contributed by atoms with Crippen molar-refractivity contribution in [3.63, 3.8) is 0 Å². The minimum atomic E-state index is -4.09. The minimum Gasteiger partial charge on any atom is -0.304 e. The summed E-state index contributed by atoms with van der Waals surface area (Å²) >= 11 is 0. The van der Waals surface area contributed by atoms with Gasteiger partial charge in [-0.2, -0.15) is 8.78 Å². The van der Waals surface area contributed by atoms with Crippen molar-refractivity contribution in [3.8, 4) is 0 Å². The monoisotopic (exact) mass is 267 g/mol. The molecule has 0 amide bonds. The summed E-state index contributed by atoms with van der Waals surface area (Å²) in [5, 5.41) is 2.27. The Kier molecular flexibility index (Phi) is 4.67. The van der Waals surface area contributed by atoms with Crippen LogP contribution in [-0.4, -0.2) is 18.9 Å². The molecule has 0 saturated carbocycles. The molecule has 0 aliphatic heterocycles. The molecular formula is C12H14F5N. The van der Waals surface area contributed by atoms with Crippen molar-refractivity contribution < 1.29 is 22.0 Å². The molecule has 6 heteroatoms. The van der Waals surface area contributed by atoms with Gasteiger partial charge in [-0.1, -0.05) is 12.1 Å². The summed E-state index contributed by atoms with van der Waals surface area (Å²) in [6.45, 7) is 1.93. The van der Waals surface area contributed by atoms with E-state index in [1.807, 2.05) is 0 Å². The van der Waals surface area contributed by atoms with Gasteiger partial charge in [-0.15, -0.1) is 0 Å². The van der Waals surface area contributed by atoms with Crippen LogP contribution in [0.2, 0.25) is 0 Å². The van der Waals surface area contributed by atoms with Crippen LogP contribution in [-0.2, 0) is 0 Å². The normalized spacial score (nSPS) is 14.0. The highest BCUT2D eigenvalue weighted by atomic mass is 19.3. The zero-order valence-corrected chi connectivity index (χ0v) is 9.98. The highest BCUT2D eigenvalue weighted by Crippen LogP contribution is 2.23. The van der Waals surface area contributed by atoms with Gasteiger partial charge in [-0.05, 0) is 31.0 Å². The zero-order chi connectivity index (χ0) is 13.9. The molecular weight excluding hydrogens is 253 g/mol. The standard InChI is InChI=1S/C12H14F5N/c1-7-3-4-9(5-10(7)13)8(2)18-6-12(16,17)11(14)15/h3-5,8,11,18H,6H2,1-2H3. The average Bonchev–Trinajstić information content (AvgIpc) is 2.29. The lowest BCUT2D eigenvalue weighted by Crippen LogP contribution is -2.39. The Bertz CT molecular complexity index is 405. The van der Waals surface area contributed by atoms with E-state index >= 15 is 0 Å². The maximum Gasteiger partial charge on any atom is 0.319 e. The number of hydrogen-bond donors (Lipinski definition) is 1. The first-order valence-corrected chi connectivity index (χ1v) is 5.39. The topological polar surface area (TPSA) is 12.0 Å². The second-order valence-corrected chi connectivity index (χ2v) is 4.17. The third-order valence-corrected chi connectivity index (χ3v) is 2.66. The van der Waals surface area contributed by atoms with Crippen molar-refractivity contribution in [2.75, 3.05) is 6.54 Å². The van der Waals surface area contributed by atoms with E-state index in [1.165, 1.54) is 19.1 Å². The molecule has 1 nitrogen and oxygen atoms in total. The fourth-order valence-electron chi connectivity index (χ4n) is 1.36. The van der Waals surface area contributed by atoms with Crippen molar-refractivity contribution in [2.45, 2.75) is 32.2 Å². The maximum atomic E-state index is 13.2. The number of aryl methyl sites for hydroxylation is 1. The molecule has 1 atom stereocenters. The fourth-order valence-corrected chi connectivity index (χ4v) is 1.36. The van der Waals surface area contributed by atoms with Crippen molar-refractivity contribution in [1.29, 1.82) is 0 Å². The summed E-state index contributed by atoms with van der Waals surface area (Å²) in [4.78, 5) is 0. The molecule has 1 rings (SSSR count). The molecule has 0 fully saturated rings. The van der Waals surface area contributed by atoms with Gasteiger partial charge in [0, 0.05) is 6.04 Å². The van der Waals surface area contributed by atoms with Crippen LogP contribution >= 0.6 is 0 Å². The Morgan fingerprint density at radius 1 is 1.28 bits per heavy atom. The second-order valence-electron chi connectivity index (χ2n) is 4.17. The molecule has 1 unspecified atom stereocenters. The molecule has 0 radical (unpaired) electrons. The fraction of sp³-hybridized carbons (Fsp3) is 0.500. The van der Waals surface area contributed by atoms with Gasteiger partial charge in [-0.25, -0.2) is 13.2 Å². The number of nitrogens with one attached hydrogen (secondary N) is 1. The molecule has 1 aromatic rings. The Morgan fingerprint density at radius 3 is 2.39 bits per heavy atom. The van der Waals surface area contributed by atoms with Crippen LogP contribution < -0.4 is 5.32 Å². The third-order valence-electron chi connectivity index (χ3n) is 2.66. The maximum absolute atomic E-state index is 13.2. The molecule has 0 spiro atoms. The Labute approximate surface area is 102 Å². The van der Waals surface area contributed by atoms with E-state index in [2.05, 4.69) is 5.32 Å². The summed E-state index contributed by atoms with van der Waals surface area (Å²) in [5.74, 6) is -4.54. The Balaban J connectivity index is 2.66. The van der Waals surface area contributed by atoms with Crippen LogP contribution in [0.15, 0.2) is 18.2 Å². The first-order chi connectivity index (χ1) is 8.24. The van der Waals surface area contributed by atoms with E-state index in [1.54, 1.807) is 13.0 Å². The van der Waals surface area contributed by atoms with E-state index in [-0.39, 0.29) is 0 Å². The van der Waals surface area contributed by atoms with Crippen LogP contribution in [0.3, 0.4) is 0 Å². The predicted molar refractivity (Wildman–Crippen MR) is 58.5 cm³/mol. The Hall–Kier alpha value is -1.17. The van der Waals surface area contributed by atoms with Crippen LogP contribution in [0.4, 0.5) is 22.0 Å². The van der Waals surface area contributed by atoms with Gasteiger partial charge < -0.3 is 5.32 Å². The number of benzene rings is 1. The third kappa shape index (κ3) is 3.66. The van der Waals surface area contributed by atoms with E-state index in [9.17, 15) is 22.0 Å². The van der Waals surface area contributed by atoms with Gasteiger partial charge in [-0.3, -0.25) is 0 Å². The average molecular weight is 267 g/mol. The molecule has 0 aliphatic carbocycles. The predicted octanol–water partition coefficient (Wildman–Crippen LogP) is 3.69. The quantitative estimate of drug-likeness (QED) is 0.802. The van der Waals surface area contributed by atoms with Crippen molar-refractivity contribution in [1.82, 2.24) is 5.32 Å². The zero-order valence-electron chi connectivity index (χ0n) is 9.98. The lowest BCUT2D eigenvalue weighted by Gasteiger charge is -2.20. The van der Waals surface area contributed by atoms with Crippen molar-refractivity contribution in [3.05, 3.63) is 35.1 Å². The van der Waals surface area contributed by atoms with Gasteiger partial charge in [0.1, 0.15) is 5.82 Å². The van der Waals surface area contributed by atoms with Crippen LogP contribution in [0.1, 0.15) is 24.1 Å². The molecule has 0 bridgehead atoms. The summed E-state index contributed by atoms with van der Waals surface area (Å²) in [7, 11) is 0. The first kappa shape index (κ1) is 14.9. The first-order valence-electron chi connectivity index (χ1n) is 5.39. The number of hydrogen-bond acceptors (Lipinski definition) is 1. The summed E-state index contributed by atoms with van der Waals surface area (Å²) in [6.07, 6.45) is -3.72. The van der Waals surface area contributed by atoms with E-state index in [0.717, 1.165) is 0 Å². The van der Waals surface area contributed by atoms with Crippen LogP contribution in [0.25, 0.3) is 0 Å².